The Balaban J connectivity index is 1.65. The molecule has 3 aromatic rings. The molecule has 3 aromatic carbocycles. The van der Waals surface area contributed by atoms with E-state index in [9.17, 15) is 0 Å². The van der Waals surface area contributed by atoms with Crippen molar-refractivity contribution in [2.45, 2.75) is 6.23 Å². The van der Waals surface area contributed by atoms with Crippen LogP contribution in [-0.4, -0.2) is 13.3 Å². The van der Waals surface area contributed by atoms with Crippen molar-refractivity contribution in [2.75, 3.05) is 11.9 Å². The summed E-state index contributed by atoms with van der Waals surface area (Å²) in [6, 6.07) is 20.4. The van der Waals surface area contributed by atoms with Gasteiger partial charge in [0.05, 0.1) is 5.69 Å². The van der Waals surface area contributed by atoms with Crippen molar-refractivity contribution < 1.29 is 4.74 Å². The Labute approximate surface area is 140 Å². The minimum atomic E-state index is -0.123. The summed E-state index contributed by atoms with van der Waals surface area (Å²) in [4.78, 5) is 2.09. The molecule has 0 radical (unpaired) electrons. The van der Waals surface area contributed by atoms with Crippen LogP contribution in [0.1, 0.15) is 5.56 Å². The maximum absolute atomic E-state index is 6.07. The first-order valence-electron chi connectivity index (χ1n) is 7.57. The van der Waals surface area contributed by atoms with Crippen molar-refractivity contribution >= 4 is 34.1 Å². The highest BCUT2D eigenvalue weighted by Crippen LogP contribution is 2.38. The third kappa shape index (κ3) is 2.55. The molecule has 1 aliphatic rings. The maximum Gasteiger partial charge on any atom is 0.192 e. The van der Waals surface area contributed by atoms with E-state index in [0.29, 0.717) is 0 Å². The van der Waals surface area contributed by atoms with Gasteiger partial charge in [-0.2, -0.15) is 0 Å². The zero-order valence-electron chi connectivity index (χ0n) is 12.7. The first kappa shape index (κ1) is 14.2. The zero-order valence-corrected chi connectivity index (χ0v) is 13.5. The normalized spacial score (nSPS) is 16.8. The molecule has 1 unspecified atom stereocenters. The van der Waals surface area contributed by atoms with Gasteiger partial charge in [0.15, 0.2) is 6.23 Å². The van der Waals surface area contributed by atoms with E-state index in [1.54, 1.807) is 0 Å². The van der Waals surface area contributed by atoms with Crippen molar-refractivity contribution in [3.8, 4) is 5.75 Å². The summed E-state index contributed by atoms with van der Waals surface area (Å²) in [6.45, 7) is 0. The molecule has 0 fully saturated rings. The van der Waals surface area contributed by atoms with Gasteiger partial charge >= 0.3 is 0 Å². The molecule has 0 saturated carbocycles. The Morgan fingerprint density at radius 3 is 2.78 bits per heavy atom. The zero-order chi connectivity index (χ0) is 15.8. The lowest BCUT2D eigenvalue weighted by atomic mass is 10.0. The topological polar surface area (TPSA) is 12.5 Å². The number of hydrogen-bond acceptors (Lipinski definition) is 2. The Morgan fingerprint density at radius 1 is 1.04 bits per heavy atom. The highest BCUT2D eigenvalue weighted by Gasteiger charge is 2.25. The molecule has 1 heterocycles. The van der Waals surface area contributed by atoms with E-state index >= 15 is 0 Å². The number of fused-ring (bicyclic) bond motifs is 2. The minimum absolute atomic E-state index is 0.123. The number of ether oxygens (including phenoxy) is 1. The first-order chi connectivity index (χ1) is 11.2. The van der Waals surface area contributed by atoms with E-state index in [4.69, 9.17) is 16.3 Å². The monoisotopic (exact) mass is 321 g/mol. The number of halogens is 1. The van der Waals surface area contributed by atoms with Crippen LogP contribution in [0.25, 0.3) is 16.8 Å². The van der Waals surface area contributed by atoms with Gasteiger partial charge in [-0.1, -0.05) is 60.1 Å². The second-order valence-electron chi connectivity index (χ2n) is 5.66. The van der Waals surface area contributed by atoms with Crippen LogP contribution in [0.5, 0.6) is 5.75 Å². The molecular formula is C20H16ClNO. The fourth-order valence-electron chi connectivity index (χ4n) is 2.96. The standard InChI is InChI=1S/C20H16ClNO/c1-22-18-13-16(21)10-11-19(18)23-20(22)12-9-15-7-4-6-14-5-2-3-8-17(14)15/h2-13,20H,1H3. The van der Waals surface area contributed by atoms with Crippen molar-refractivity contribution in [1.82, 2.24) is 0 Å². The molecule has 0 N–H and O–H groups in total. The molecule has 0 saturated heterocycles. The lowest BCUT2D eigenvalue weighted by Gasteiger charge is -2.17. The third-order valence-electron chi connectivity index (χ3n) is 4.19. The molecule has 23 heavy (non-hydrogen) atoms. The molecule has 3 heteroatoms. The smallest absolute Gasteiger partial charge is 0.192 e. The van der Waals surface area contributed by atoms with Crippen LogP contribution in [0.2, 0.25) is 5.02 Å². The number of anilines is 1. The molecule has 114 valence electrons. The molecule has 0 aromatic heterocycles. The second kappa shape index (κ2) is 5.64. The summed E-state index contributed by atoms with van der Waals surface area (Å²) in [5, 5.41) is 3.20. The fourth-order valence-corrected chi connectivity index (χ4v) is 3.13. The average molecular weight is 322 g/mol. The number of likely N-dealkylation sites (N-methyl/N-ethyl adjacent to an activating group) is 1. The van der Waals surface area contributed by atoms with Gasteiger partial charge in [0.25, 0.3) is 0 Å². The van der Waals surface area contributed by atoms with Gasteiger partial charge in [-0.15, -0.1) is 0 Å². The Hall–Kier alpha value is -2.45. The van der Waals surface area contributed by atoms with Crippen molar-refractivity contribution in [1.29, 1.82) is 0 Å². The maximum atomic E-state index is 6.07. The SMILES string of the molecule is CN1c2cc(Cl)ccc2OC1C=Cc1cccc2ccccc12. The van der Waals surface area contributed by atoms with Crippen molar-refractivity contribution in [3.63, 3.8) is 0 Å². The lowest BCUT2D eigenvalue weighted by molar-refractivity contribution is 0.280. The van der Waals surface area contributed by atoms with Crippen LogP contribution in [0, 0.1) is 0 Å². The molecule has 2 nitrogen and oxygen atoms in total. The molecule has 0 bridgehead atoms. The molecule has 0 aliphatic carbocycles. The lowest BCUT2D eigenvalue weighted by Crippen LogP contribution is -2.28. The average Bonchev–Trinajstić information content (AvgIpc) is 2.89. The first-order valence-corrected chi connectivity index (χ1v) is 7.95. The Bertz CT molecular complexity index is 898. The minimum Gasteiger partial charge on any atom is -0.465 e. The predicted molar refractivity (Wildman–Crippen MR) is 97.3 cm³/mol. The summed E-state index contributed by atoms with van der Waals surface area (Å²) >= 11 is 6.07. The van der Waals surface area contributed by atoms with E-state index in [1.807, 2.05) is 25.2 Å². The summed E-state index contributed by atoms with van der Waals surface area (Å²) in [5.74, 6) is 0.865. The number of nitrogens with zero attached hydrogens (tertiary/aromatic N) is 1. The molecule has 4 rings (SSSR count). The number of rotatable bonds is 2. The van der Waals surface area contributed by atoms with Crippen LogP contribution in [0.3, 0.4) is 0 Å². The van der Waals surface area contributed by atoms with Crippen LogP contribution in [0.15, 0.2) is 66.7 Å². The largest absolute Gasteiger partial charge is 0.465 e. The van der Waals surface area contributed by atoms with Crippen LogP contribution < -0.4 is 9.64 Å². The third-order valence-corrected chi connectivity index (χ3v) is 4.43. The van der Waals surface area contributed by atoms with Gasteiger partial charge in [-0.3, -0.25) is 0 Å². The highest BCUT2D eigenvalue weighted by molar-refractivity contribution is 6.31. The van der Waals surface area contributed by atoms with Gasteiger partial charge in [-0.05, 0) is 40.6 Å². The number of benzene rings is 3. The van der Waals surface area contributed by atoms with E-state index in [2.05, 4.69) is 59.5 Å². The van der Waals surface area contributed by atoms with Crippen LogP contribution >= 0.6 is 11.6 Å². The summed E-state index contributed by atoms with van der Waals surface area (Å²) in [6.07, 6.45) is 4.08. The predicted octanol–water partition coefficient (Wildman–Crippen LogP) is 5.36. The van der Waals surface area contributed by atoms with E-state index in [-0.39, 0.29) is 6.23 Å². The summed E-state index contributed by atoms with van der Waals surface area (Å²) in [7, 11) is 2.01. The van der Waals surface area contributed by atoms with Gasteiger partial charge in [-0.25, -0.2) is 0 Å². The Kier molecular flexibility index (Phi) is 3.47. The molecule has 0 amide bonds. The van der Waals surface area contributed by atoms with E-state index < -0.39 is 0 Å². The second-order valence-corrected chi connectivity index (χ2v) is 6.10. The highest BCUT2D eigenvalue weighted by atomic mass is 35.5. The van der Waals surface area contributed by atoms with Crippen molar-refractivity contribution in [2.24, 2.45) is 0 Å². The van der Waals surface area contributed by atoms with Gasteiger partial charge in [0, 0.05) is 12.1 Å². The van der Waals surface area contributed by atoms with Crippen molar-refractivity contribution in [3.05, 3.63) is 77.3 Å². The van der Waals surface area contributed by atoms with Gasteiger partial charge < -0.3 is 9.64 Å². The Morgan fingerprint density at radius 2 is 1.87 bits per heavy atom. The summed E-state index contributed by atoms with van der Waals surface area (Å²) in [5.41, 5.74) is 2.21. The van der Waals surface area contributed by atoms with Gasteiger partial charge in [0.2, 0.25) is 0 Å². The van der Waals surface area contributed by atoms with Crippen LogP contribution in [0.4, 0.5) is 5.69 Å². The van der Waals surface area contributed by atoms with E-state index in [1.165, 1.54) is 16.3 Å². The number of hydrogen-bond donors (Lipinski definition) is 0. The molecule has 1 aliphatic heterocycles. The van der Waals surface area contributed by atoms with E-state index in [0.717, 1.165) is 16.5 Å². The van der Waals surface area contributed by atoms with Gasteiger partial charge in [0.1, 0.15) is 5.75 Å². The molecule has 0 spiro atoms. The van der Waals surface area contributed by atoms with Crippen LogP contribution in [-0.2, 0) is 0 Å². The molecule has 1 atom stereocenters. The quantitative estimate of drug-likeness (QED) is 0.630. The molecular weight excluding hydrogens is 306 g/mol. The summed E-state index contributed by atoms with van der Waals surface area (Å²) < 4.78 is 5.99. The fraction of sp³-hybridized carbons (Fsp3) is 0.100.